The van der Waals surface area contributed by atoms with Crippen molar-refractivity contribution in [3.05, 3.63) is 40.0 Å². The molecular formula is C25H29Cl2N7O3. The lowest BCUT2D eigenvalue weighted by molar-refractivity contribution is -0.161. The van der Waals surface area contributed by atoms with E-state index in [-0.39, 0.29) is 12.1 Å². The lowest BCUT2D eigenvalue weighted by atomic mass is 9.66. The lowest BCUT2D eigenvalue weighted by Crippen LogP contribution is -2.62. The number of rotatable bonds is 6. The molecule has 0 radical (unpaired) electrons. The average molecular weight is 546 g/mol. The third-order valence-corrected chi connectivity index (χ3v) is 8.79. The monoisotopic (exact) mass is 545 g/mol. The van der Waals surface area contributed by atoms with E-state index in [1.165, 1.54) is 0 Å². The van der Waals surface area contributed by atoms with Gasteiger partial charge in [0, 0.05) is 48.2 Å². The van der Waals surface area contributed by atoms with Gasteiger partial charge in [-0.05, 0) is 44.4 Å². The third kappa shape index (κ3) is 4.43. The minimum Gasteiger partial charge on any atom is -0.481 e. The molecule has 196 valence electrons. The predicted molar refractivity (Wildman–Crippen MR) is 139 cm³/mol. The summed E-state index contributed by atoms with van der Waals surface area (Å²) in [6.07, 6.45) is 3.26. The van der Waals surface area contributed by atoms with Gasteiger partial charge in [-0.15, -0.1) is 5.10 Å². The van der Waals surface area contributed by atoms with Crippen LogP contribution in [0.3, 0.4) is 0 Å². The summed E-state index contributed by atoms with van der Waals surface area (Å²) in [6, 6.07) is 5.57. The molecule has 37 heavy (non-hydrogen) atoms. The van der Waals surface area contributed by atoms with Crippen molar-refractivity contribution in [3.63, 3.8) is 0 Å². The van der Waals surface area contributed by atoms with Crippen molar-refractivity contribution in [2.45, 2.75) is 44.9 Å². The van der Waals surface area contributed by atoms with Crippen LogP contribution < -0.4 is 4.90 Å². The lowest BCUT2D eigenvalue weighted by Gasteiger charge is -2.52. The van der Waals surface area contributed by atoms with E-state index in [9.17, 15) is 9.90 Å². The minimum absolute atomic E-state index is 0.129. The van der Waals surface area contributed by atoms with Gasteiger partial charge in [-0.2, -0.15) is 4.98 Å². The second-order valence-corrected chi connectivity index (χ2v) is 11.6. The Kier molecular flexibility index (Phi) is 6.26. The predicted octanol–water partition coefficient (Wildman–Crippen LogP) is 3.53. The van der Waals surface area contributed by atoms with Gasteiger partial charge < -0.3 is 14.7 Å². The molecule has 0 bridgehead atoms. The Morgan fingerprint density at radius 2 is 2.03 bits per heavy atom. The number of morpholine rings is 1. The molecule has 3 aromatic rings. The first kappa shape index (κ1) is 24.8. The molecule has 4 heterocycles. The van der Waals surface area contributed by atoms with E-state index < -0.39 is 11.4 Å². The molecule has 3 fully saturated rings. The summed E-state index contributed by atoms with van der Waals surface area (Å²) in [5.41, 5.74) is 1.58. The largest absolute Gasteiger partial charge is 0.481 e. The Bertz CT molecular complexity index is 1340. The summed E-state index contributed by atoms with van der Waals surface area (Å²) in [5, 5.41) is 19.1. The highest BCUT2D eigenvalue weighted by Crippen LogP contribution is 2.44. The molecule has 2 aromatic heterocycles. The van der Waals surface area contributed by atoms with Gasteiger partial charge in [0.05, 0.1) is 30.4 Å². The molecule has 1 aromatic carbocycles. The maximum atomic E-state index is 11.5. The van der Waals surface area contributed by atoms with Crippen molar-refractivity contribution < 1.29 is 14.6 Å². The van der Waals surface area contributed by atoms with E-state index in [2.05, 4.69) is 25.1 Å². The van der Waals surface area contributed by atoms with Crippen LogP contribution in [0, 0.1) is 11.3 Å². The van der Waals surface area contributed by atoms with Crippen molar-refractivity contribution in [3.8, 4) is 0 Å². The Morgan fingerprint density at radius 1 is 1.24 bits per heavy atom. The van der Waals surface area contributed by atoms with Crippen molar-refractivity contribution >= 4 is 46.3 Å². The van der Waals surface area contributed by atoms with Crippen LogP contribution in [0.25, 0.3) is 11.2 Å². The number of ether oxygens (including phenoxy) is 1. The fourth-order valence-electron chi connectivity index (χ4n) is 5.76. The first-order valence-electron chi connectivity index (χ1n) is 12.6. The summed E-state index contributed by atoms with van der Waals surface area (Å²) in [6.45, 7) is 7.84. The van der Waals surface area contributed by atoms with Crippen LogP contribution in [0.4, 0.5) is 5.95 Å². The number of benzene rings is 1. The highest BCUT2D eigenvalue weighted by Gasteiger charge is 2.50. The molecule has 0 amide bonds. The Labute approximate surface area is 224 Å². The van der Waals surface area contributed by atoms with Gasteiger partial charge >= 0.3 is 5.97 Å². The number of carboxylic acid groups (broad SMARTS) is 1. The molecule has 10 nitrogen and oxygen atoms in total. The molecule has 2 saturated heterocycles. The summed E-state index contributed by atoms with van der Waals surface area (Å²) in [5.74, 6) is 0.329. The van der Waals surface area contributed by atoms with Crippen LogP contribution in [0.1, 0.15) is 38.3 Å². The zero-order chi connectivity index (χ0) is 25.9. The Hall–Kier alpha value is -2.53. The standard InChI is InChI=1S/C25H29Cl2N7O3/c1-14(18-4-3-16(26)7-19(18)27)34-22-20(30-31-34)10-28-24(29-22)33-11-15(12-33)21-13-32(5-6-37-21)17-8-25(2,9-17)23(35)36/h3-4,7,10,14-15,17,21H,5-6,8-9,11-13H2,1-2H3,(H,35,36)/t14-,17?,21+,25?/m1/s1. The van der Waals surface area contributed by atoms with Crippen molar-refractivity contribution in [1.82, 2.24) is 29.9 Å². The zero-order valence-electron chi connectivity index (χ0n) is 20.7. The van der Waals surface area contributed by atoms with Crippen molar-refractivity contribution in [1.29, 1.82) is 0 Å². The number of fused-ring (bicyclic) bond motifs is 1. The van der Waals surface area contributed by atoms with E-state index in [0.29, 0.717) is 58.6 Å². The number of halogens is 2. The molecule has 6 rings (SSSR count). The molecule has 12 heteroatoms. The minimum atomic E-state index is -0.692. The van der Waals surface area contributed by atoms with Gasteiger partial charge in [0.1, 0.15) is 0 Å². The van der Waals surface area contributed by atoms with E-state index in [4.69, 9.17) is 32.9 Å². The van der Waals surface area contributed by atoms with Gasteiger partial charge in [0.15, 0.2) is 11.2 Å². The quantitative estimate of drug-likeness (QED) is 0.497. The van der Waals surface area contributed by atoms with Gasteiger partial charge in [0.25, 0.3) is 0 Å². The molecule has 1 saturated carbocycles. The number of hydrogen-bond acceptors (Lipinski definition) is 8. The highest BCUT2D eigenvalue weighted by atomic mass is 35.5. The van der Waals surface area contributed by atoms with Crippen LogP contribution in [0.2, 0.25) is 10.0 Å². The smallest absolute Gasteiger partial charge is 0.309 e. The van der Waals surface area contributed by atoms with Crippen LogP contribution in [0.5, 0.6) is 0 Å². The van der Waals surface area contributed by atoms with Gasteiger partial charge in [-0.1, -0.05) is 34.5 Å². The first-order valence-corrected chi connectivity index (χ1v) is 13.3. The molecule has 3 aliphatic rings. The van der Waals surface area contributed by atoms with Crippen LogP contribution in [-0.4, -0.2) is 85.9 Å². The normalized spacial score (nSPS) is 27.6. The molecule has 0 spiro atoms. The van der Waals surface area contributed by atoms with Crippen LogP contribution >= 0.6 is 23.2 Å². The fraction of sp³-hybridized carbons (Fsp3) is 0.560. The number of carbonyl (C=O) groups is 1. The molecule has 1 aliphatic carbocycles. The summed E-state index contributed by atoms with van der Waals surface area (Å²) >= 11 is 12.5. The second kappa shape index (κ2) is 9.34. The SMILES string of the molecule is C[C@H](c1ccc(Cl)cc1Cl)n1nnc2cnc(N3CC([C@@H]4CN(C5CC(C)(C(=O)O)C5)CCO4)C3)nc21. The number of carboxylic acids is 1. The van der Waals surface area contributed by atoms with E-state index in [1.807, 2.05) is 26.0 Å². The van der Waals surface area contributed by atoms with Gasteiger partial charge in [0.2, 0.25) is 5.95 Å². The molecule has 2 atom stereocenters. The summed E-state index contributed by atoms with van der Waals surface area (Å²) in [7, 11) is 0. The number of anilines is 1. The number of nitrogens with zero attached hydrogens (tertiary/aromatic N) is 7. The Morgan fingerprint density at radius 3 is 2.76 bits per heavy atom. The van der Waals surface area contributed by atoms with Crippen LogP contribution in [-0.2, 0) is 9.53 Å². The summed E-state index contributed by atoms with van der Waals surface area (Å²) in [4.78, 5) is 25.4. The van der Waals surface area contributed by atoms with Crippen LogP contribution in [0.15, 0.2) is 24.4 Å². The zero-order valence-corrected chi connectivity index (χ0v) is 22.2. The molecule has 2 aliphatic heterocycles. The second-order valence-electron chi connectivity index (χ2n) is 10.8. The number of aliphatic carboxylic acids is 1. The fourth-order valence-corrected chi connectivity index (χ4v) is 6.32. The first-order chi connectivity index (χ1) is 17.7. The van der Waals surface area contributed by atoms with E-state index >= 15 is 0 Å². The molecule has 0 unspecified atom stereocenters. The van der Waals surface area contributed by atoms with E-state index in [1.54, 1.807) is 16.9 Å². The third-order valence-electron chi connectivity index (χ3n) is 8.23. The topological polar surface area (TPSA) is 110 Å². The maximum Gasteiger partial charge on any atom is 0.309 e. The summed E-state index contributed by atoms with van der Waals surface area (Å²) < 4.78 is 7.88. The Balaban J connectivity index is 1.11. The van der Waals surface area contributed by atoms with Gasteiger partial charge in [-0.3, -0.25) is 9.69 Å². The van der Waals surface area contributed by atoms with E-state index in [0.717, 1.165) is 31.7 Å². The molecular weight excluding hydrogens is 517 g/mol. The number of aromatic nitrogens is 5. The van der Waals surface area contributed by atoms with Gasteiger partial charge in [-0.25, -0.2) is 9.67 Å². The molecule has 1 N–H and O–H groups in total. The average Bonchev–Trinajstić information content (AvgIpc) is 3.24. The highest BCUT2D eigenvalue weighted by molar-refractivity contribution is 6.35. The maximum absolute atomic E-state index is 11.5. The van der Waals surface area contributed by atoms with Crippen molar-refractivity contribution in [2.24, 2.45) is 11.3 Å². The van der Waals surface area contributed by atoms with Crippen molar-refractivity contribution in [2.75, 3.05) is 37.7 Å². The number of hydrogen-bond donors (Lipinski definition) is 1.